The lowest BCUT2D eigenvalue weighted by atomic mass is 10.1. The molecule has 5 heterocycles. The molecule has 3 fully saturated rings. The summed E-state index contributed by atoms with van der Waals surface area (Å²) in [6, 6.07) is 4.89. The number of aromatic nitrogens is 6. The van der Waals surface area contributed by atoms with Crippen LogP contribution < -0.4 is 15.5 Å². The van der Waals surface area contributed by atoms with Crippen molar-refractivity contribution in [1.82, 2.24) is 34.2 Å². The second-order valence-corrected chi connectivity index (χ2v) is 11.3. The van der Waals surface area contributed by atoms with Crippen LogP contribution in [-0.4, -0.2) is 65.7 Å². The molecule has 42 heavy (non-hydrogen) atoms. The molecule has 4 amide bonds. The number of pyridine rings is 1. The molecule has 13 nitrogen and oxygen atoms in total. The van der Waals surface area contributed by atoms with E-state index in [1.165, 1.54) is 18.3 Å². The van der Waals surface area contributed by atoms with E-state index in [2.05, 4.69) is 36.8 Å². The molecular formula is C29H30N10O3. The second-order valence-electron chi connectivity index (χ2n) is 11.3. The Morgan fingerprint density at radius 1 is 1.07 bits per heavy atom. The number of nitrogens with zero attached hydrogens (tertiary/aromatic N) is 8. The number of imide groups is 1. The fourth-order valence-corrected chi connectivity index (χ4v) is 5.39. The van der Waals surface area contributed by atoms with Gasteiger partial charge in [0.05, 0.1) is 17.4 Å². The van der Waals surface area contributed by atoms with Crippen LogP contribution >= 0.6 is 0 Å². The first kappa shape index (κ1) is 26.0. The van der Waals surface area contributed by atoms with Crippen LogP contribution in [0.5, 0.6) is 0 Å². The van der Waals surface area contributed by atoms with E-state index in [0.29, 0.717) is 41.1 Å². The summed E-state index contributed by atoms with van der Waals surface area (Å²) in [7, 11) is 1.50. The molecule has 0 spiro atoms. The maximum Gasteiger partial charge on any atom is 0.331 e. The zero-order valence-electron chi connectivity index (χ0n) is 23.5. The number of hydrogen-bond acceptors (Lipinski definition) is 9. The summed E-state index contributed by atoms with van der Waals surface area (Å²) in [5, 5.41) is 6.23. The third-order valence-corrected chi connectivity index (χ3v) is 8.10. The zero-order valence-corrected chi connectivity index (χ0v) is 23.5. The molecule has 4 aromatic heterocycles. The first-order valence-corrected chi connectivity index (χ1v) is 14.0. The van der Waals surface area contributed by atoms with E-state index in [1.54, 1.807) is 12.3 Å². The molecule has 2 N–H and O–H groups in total. The Morgan fingerprint density at radius 2 is 1.88 bits per heavy atom. The lowest BCUT2D eigenvalue weighted by molar-refractivity contribution is -0.124. The highest BCUT2D eigenvalue weighted by molar-refractivity contribution is 6.13. The third-order valence-electron chi connectivity index (χ3n) is 8.10. The smallest absolute Gasteiger partial charge is 0.331 e. The normalized spacial score (nSPS) is 20.7. The molecular weight excluding hydrogens is 536 g/mol. The van der Waals surface area contributed by atoms with Gasteiger partial charge in [-0.2, -0.15) is 0 Å². The minimum Gasteiger partial charge on any atom is -0.362 e. The van der Waals surface area contributed by atoms with Crippen LogP contribution in [0.25, 0.3) is 5.65 Å². The SMILES string of the molecule is Cc1ccnc([C@H]2C[C@@H]2C(=O)Nc2cc(N[C@H](C)c3cn4cc(C5CC5)cc(N5CC(=O)N(C)C5=O)c4n3)ncn2)n1. The van der Waals surface area contributed by atoms with Crippen LogP contribution in [0.15, 0.2) is 43.1 Å². The van der Waals surface area contributed by atoms with Crippen LogP contribution in [0.2, 0.25) is 0 Å². The molecule has 2 saturated carbocycles. The Labute approximate surface area is 241 Å². The molecule has 0 unspecified atom stereocenters. The van der Waals surface area contributed by atoms with E-state index in [-0.39, 0.29) is 42.3 Å². The fraction of sp³-hybridized carbons (Fsp3) is 0.379. The minimum atomic E-state index is -0.356. The Kier molecular flexibility index (Phi) is 6.10. The van der Waals surface area contributed by atoms with Gasteiger partial charge in [0.25, 0.3) is 0 Å². The zero-order chi connectivity index (χ0) is 29.1. The number of imidazole rings is 1. The molecule has 13 heteroatoms. The number of carbonyl (C=O) groups is 3. The number of fused-ring (bicyclic) bond motifs is 1. The first-order chi connectivity index (χ1) is 20.2. The fourth-order valence-electron chi connectivity index (χ4n) is 5.39. The van der Waals surface area contributed by atoms with Gasteiger partial charge in [0.15, 0.2) is 5.65 Å². The number of urea groups is 1. The number of amides is 4. The molecule has 214 valence electrons. The maximum absolute atomic E-state index is 12.9. The van der Waals surface area contributed by atoms with Crippen molar-refractivity contribution in [3.63, 3.8) is 0 Å². The summed E-state index contributed by atoms with van der Waals surface area (Å²) in [5.41, 5.74) is 3.97. The summed E-state index contributed by atoms with van der Waals surface area (Å²) in [6.07, 6.45) is 10.0. The minimum absolute atomic E-state index is 0.00976. The van der Waals surface area contributed by atoms with Crippen molar-refractivity contribution in [2.24, 2.45) is 5.92 Å². The molecule has 0 radical (unpaired) electrons. The van der Waals surface area contributed by atoms with Crippen LogP contribution in [-0.2, 0) is 9.59 Å². The van der Waals surface area contributed by atoms with Crippen molar-refractivity contribution >= 4 is 40.8 Å². The lowest BCUT2D eigenvalue weighted by Gasteiger charge is -2.17. The summed E-state index contributed by atoms with van der Waals surface area (Å²) < 4.78 is 1.93. The number of aryl methyl sites for hydroxylation is 1. The quantitative estimate of drug-likeness (QED) is 0.306. The Hall–Kier alpha value is -4.94. The Bertz CT molecular complexity index is 1750. The first-order valence-electron chi connectivity index (χ1n) is 14.0. The summed E-state index contributed by atoms with van der Waals surface area (Å²) >= 11 is 0. The highest BCUT2D eigenvalue weighted by Crippen LogP contribution is 2.46. The highest BCUT2D eigenvalue weighted by atomic mass is 16.2. The molecule has 1 saturated heterocycles. The summed E-state index contributed by atoms with van der Waals surface area (Å²) in [4.78, 5) is 62.8. The van der Waals surface area contributed by atoms with Crippen molar-refractivity contribution in [3.05, 3.63) is 65.9 Å². The highest BCUT2D eigenvalue weighted by Gasteiger charge is 2.46. The number of anilines is 3. The lowest BCUT2D eigenvalue weighted by Crippen LogP contribution is -2.30. The molecule has 0 aromatic carbocycles. The van der Waals surface area contributed by atoms with Gasteiger partial charge in [-0.1, -0.05) is 0 Å². The molecule has 3 atom stereocenters. The van der Waals surface area contributed by atoms with Crippen LogP contribution in [0.4, 0.5) is 22.1 Å². The Morgan fingerprint density at radius 3 is 2.62 bits per heavy atom. The van der Waals surface area contributed by atoms with Gasteiger partial charge in [0.1, 0.15) is 30.3 Å². The van der Waals surface area contributed by atoms with Crippen LogP contribution in [0.1, 0.15) is 66.8 Å². The van der Waals surface area contributed by atoms with Crippen molar-refractivity contribution in [1.29, 1.82) is 0 Å². The number of likely N-dealkylation sites (N-methyl/N-ethyl adjacent to an activating group) is 1. The van der Waals surface area contributed by atoms with Gasteiger partial charge in [-0.15, -0.1) is 0 Å². The van der Waals surface area contributed by atoms with E-state index in [1.807, 2.05) is 36.6 Å². The van der Waals surface area contributed by atoms with E-state index < -0.39 is 0 Å². The molecule has 4 aromatic rings. The topological polar surface area (TPSA) is 151 Å². The van der Waals surface area contributed by atoms with Crippen molar-refractivity contribution in [2.45, 2.75) is 51.0 Å². The third kappa shape index (κ3) is 4.80. The maximum atomic E-state index is 12.9. The van der Waals surface area contributed by atoms with E-state index in [4.69, 9.17) is 4.98 Å². The van der Waals surface area contributed by atoms with Gasteiger partial charge in [-0.25, -0.2) is 29.7 Å². The van der Waals surface area contributed by atoms with Crippen LogP contribution in [0, 0.1) is 12.8 Å². The molecule has 0 bridgehead atoms. The van der Waals surface area contributed by atoms with Gasteiger partial charge >= 0.3 is 6.03 Å². The average Bonchev–Trinajstić information content (AvgIpc) is 3.90. The predicted molar refractivity (Wildman–Crippen MR) is 153 cm³/mol. The van der Waals surface area contributed by atoms with Gasteiger partial charge in [-0.3, -0.25) is 19.4 Å². The van der Waals surface area contributed by atoms with Crippen molar-refractivity contribution in [2.75, 3.05) is 29.1 Å². The number of nitrogens with one attached hydrogen (secondary N) is 2. The summed E-state index contributed by atoms with van der Waals surface area (Å²) in [6.45, 7) is 3.85. The number of hydrogen-bond donors (Lipinski definition) is 2. The largest absolute Gasteiger partial charge is 0.362 e. The molecule has 3 aliphatic rings. The van der Waals surface area contributed by atoms with E-state index >= 15 is 0 Å². The molecule has 7 rings (SSSR count). The standard InChI is InChI=1S/C29H30N10O3/c1-15-6-7-30-26(33-15)19-9-20(19)28(41)36-24-10-23(31-14-32-24)34-16(2)21-12-38-11-18(17-4-5-17)8-22(27(38)35-21)39-13-25(40)37(3)29(39)42/h6-8,10-12,14,16-17,19-20H,4-5,9,13H2,1-3H3,(H2,31,32,34,36,41)/t16-,19+,20+/m1/s1. The van der Waals surface area contributed by atoms with Crippen LogP contribution in [0.3, 0.4) is 0 Å². The monoisotopic (exact) mass is 566 g/mol. The van der Waals surface area contributed by atoms with Gasteiger partial charge < -0.3 is 15.0 Å². The molecule has 1 aliphatic heterocycles. The van der Waals surface area contributed by atoms with E-state index in [0.717, 1.165) is 34.7 Å². The predicted octanol–water partition coefficient (Wildman–Crippen LogP) is 3.41. The summed E-state index contributed by atoms with van der Waals surface area (Å²) in [5.74, 6) is 1.52. The van der Waals surface area contributed by atoms with Gasteiger partial charge in [-0.05, 0) is 56.7 Å². The van der Waals surface area contributed by atoms with E-state index in [9.17, 15) is 14.4 Å². The average molecular weight is 567 g/mol. The second kappa shape index (κ2) is 9.86. The number of carbonyl (C=O) groups excluding carboxylic acids is 3. The van der Waals surface area contributed by atoms with Gasteiger partial charge in [0, 0.05) is 49.2 Å². The van der Waals surface area contributed by atoms with Crippen molar-refractivity contribution in [3.8, 4) is 0 Å². The van der Waals surface area contributed by atoms with Crippen molar-refractivity contribution < 1.29 is 14.4 Å². The Balaban J connectivity index is 1.08. The van der Waals surface area contributed by atoms with Gasteiger partial charge in [0.2, 0.25) is 11.8 Å². The number of rotatable bonds is 8. The molecule has 2 aliphatic carbocycles.